The van der Waals surface area contributed by atoms with Crippen molar-refractivity contribution in [1.82, 2.24) is 4.31 Å². The number of carbonyl (C=O) groups is 3. The third-order valence-electron chi connectivity index (χ3n) is 5.22. The molecule has 0 bridgehead atoms. The van der Waals surface area contributed by atoms with E-state index in [2.05, 4.69) is 0 Å². The summed E-state index contributed by atoms with van der Waals surface area (Å²) in [6, 6.07) is 12.6. The Balaban J connectivity index is 1.63. The number of carbonyl (C=O) groups excluding carboxylic acids is 3. The summed E-state index contributed by atoms with van der Waals surface area (Å²) in [5, 5.41) is 0. The predicted molar refractivity (Wildman–Crippen MR) is 118 cm³/mol. The van der Waals surface area contributed by atoms with Crippen LogP contribution in [0, 0.1) is 0 Å². The van der Waals surface area contributed by atoms with Gasteiger partial charge in [-0.1, -0.05) is 24.3 Å². The minimum atomic E-state index is -3.76. The quantitative estimate of drug-likeness (QED) is 0.597. The Morgan fingerprint density at radius 1 is 1.12 bits per heavy atom. The van der Waals surface area contributed by atoms with Crippen LogP contribution in [0.3, 0.4) is 0 Å². The Bertz CT molecular complexity index is 1130. The second-order valence-electron chi connectivity index (χ2n) is 7.49. The Labute approximate surface area is 186 Å². The third-order valence-corrected chi connectivity index (χ3v) is 7.10. The van der Waals surface area contributed by atoms with Crippen molar-refractivity contribution in [3.05, 3.63) is 54.1 Å². The topological polar surface area (TPSA) is 127 Å². The van der Waals surface area contributed by atoms with Gasteiger partial charge in [0.25, 0.3) is 5.91 Å². The third kappa shape index (κ3) is 4.97. The standard InChI is InChI=1S/C22H25N3O6S/c1-15(26)16-9-11-17(12-10-16)32(29,30)24(2)13-5-8-21(27)25-14-20(22(23)28)31-19-7-4-3-6-18(19)25/h3-4,6-7,9-12,20H,5,8,13-14H2,1-2H3,(H2,23,28)/t20-/m0/s1. The summed E-state index contributed by atoms with van der Waals surface area (Å²) >= 11 is 0. The van der Waals surface area contributed by atoms with Gasteiger partial charge in [-0.25, -0.2) is 12.7 Å². The number of sulfonamides is 1. The van der Waals surface area contributed by atoms with Gasteiger partial charge in [-0.15, -0.1) is 0 Å². The number of amides is 2. The lowest BCUT2D eigenvalue weighted by Crippen LogP contribution is -2.49. The number of nitrogens with two attached hydrogens (primary N) is 1. The van der Waals surface area contributed by atoms with Gasteiger partial charge in [0.15, 0.2) is 11.9 Å². The number of hydrogen-bond donors (Lipinski definition) is 1. The van der Waals surface area contributed by atoms with E-state index in [0.717, 1.165) is 0 Å². The predicted octanol–water partition coefficient (Wildman–Crippen LogP) is 1.57. The van der Waals surface area contributed by atoms with E-state index >= 15 is 0 Å². The number of nitrogens with zero attached hydrogens (tertiary/aromatic N) is 2. The van der Waals surface area contributed by atoms with Crippen LogP contribution < -0.4 is 15.4 Å². The highest BCUT2D eigenvalue weighted by molar-refractivity contribution is 7.89. The van der Waals surface area contributed by atoms with Gasteiger partial charge in [0.2, 0.25) is 15.9 Å². The van der Waals surface area contributed by atoms with Crippen molar-refractivity contribution in [1.29, 1.82) is 0 Å². The summed E-state index contributed by atoms with van der Waals surface area (Å²) in [6.07, 6.45) is -0.598. The molecule has 0 aliphatic carbocycles. The number of Topliss-reactive ketones (excluding diaryl/α,β-unsaturated/α-hetero) is 1. The molecule has 1 aliphatic heterocycles. The van der Waals surface area contributed by atoms with Crippen molar-refractivity contribution in [3.8, 4) is 5.75 Å². The second kappa shape index (κ2) is 9.49. The molecule has 170 valence electrons. The molecule has 0 fully saturated rings. The summed E-state index contributed by atoms with van der Waals surface area (Å²) in [6.45, 7) is 1.53. The number of anilines is 1. The maximum atomic E-state index is 12.8. The molecule has 0 saturated carbocycles. The molecule has 10 heteroatoms. The van der Waals surface area contributed by atoms with Crippen LogP contribution in [0.4, 0.5) is 5.69 Å². The maximum absolute atomic E-state index is 12.8. The van der Waals surface area contributed by atoms with Crippen LogP contribution in [-0.2, 0) is 19.6 Å². The minimum Gasteiger partial charge on any atom is -0.477 e. The first kappa shape index (κ1) is 23.4. The van der Waals surface area contributed by atoms with Gasteiger partial charge < -0.3 is 15.4 Å². The van der Waals surface area contributed by atoms with E-state index in [9.17, 15) is 22.8 Å². The largest absolute Gasteiger partial charge is 0.477 e. The summed E-state index contributed by atoms with van der Waals surface area (Å²) in [5.41, 5.74) is 6.33. The first-order chi connectivity index (χ1) is 15.1. The molecule has 3 rings (SSSR count). The van der Waals surface area contributed by atoms with E-state index in [1.54, 1.807) is 24.3 Å². The number of para-hydroxylation sites is 2. The van der Waals surface area contributed by atoms with Gasteiger partial charge in [0, 0.05) is 25.6 Å². The zero-order valence-corrected chi connectivity index (χ0v) is 18.7. The average Bonchev–Trinajstić information content (AvgIpc) is 2.78. The Morgan fingerprint density at radius 2 is 1.78 bits per heavy atom. The van der Waals surface area contributed by atoms with Gasteiger partial charge in [0.05, 0.1) is 17.1 Å². The molecule has 0 radical (unpaired) electrons. The highest BCUT2D eigenvalue weighted by Crippen LogP contribution is 2.33. The maximum Gasteiger partial charge on any atom is 0.260 e. The summed E-state index contributed by atoms with van der Waals surface area (Å²) in [4.78, 5) is 37.4. The fourth-order valence-electron chi connectivity index (χ4n) is 3.37. The van der Waals surface area contributed by atoms with Crippen LogP contribution in [0.25, 0.3) is 0 Å². The highest BCUT2D eigenvalue weighted by Gasteiger charge is 2.32. The van der Waals surface area contributed by atoms with Crippen molar-refractivity contribution in [2.24, 2.45) is 5.73 Å². The zero-order chi connectivity index (χ0) is 23.5. The number of hydrogen-bond acceptors (Lipinski definition) is 6. The fraction of sp³-hybridized carbons (Fsp3) is 0.318. The smallest absolute Gasteiger partial charge is 0.260 e. The van der Waals surface area contributed by atoms with Gasteiger partial charge in [-0.2, -0.15) is 0 Å². The number of ketones is 1. The Kier molecular flexibility index (Phi) is 6.95. The van der Waals surface area contributed by atoms with Gasteiger partial charge >= 0.3 is 0 Å². The molecule has 2 aromatic carbocycles. The Morgan fingerprint density at radius 3 is 2.41 bits per heavy atom. The van der Waals surface area contributed by atoms with Crippen molar-refractivity contribution in [2.75, 3.05) is 25.0 Å². The van der Waals surface area contributed by atoms with E-state index in [-0.39, 0.29) is 42.5 Å². The van der Waals surface area contributed by atoms with Crippen LogP contribution in [0.5, 0.6) is 5.75 Å². The molecule has 1 atom stereocenters. The molecule has 2 aromatic rings. The van der Waals surface area contributed by atoms with E-state index in [4.69, 9.17) is 10.5 Å². The summed E-state index contributed by atoms with van der Waals surface area (Å²) in [7, 11) is -2.32. The van der Waals surface area contributed by atoms with Crippen molar-refractivity contribution in [2.45, 2.75) is 30.8 Å². The van der Waals surface area contributed by atoms with Crippen molar-refractivity contribution < 1.29 is 27.5 Å². The highest BCUT2D eigenvalue weighted by atomic mass is 32.2. The lowest BCUT2D eigenvalue weighted by atomic mass is 10.1. The number of primary amides is 1. The van der Waals surface area contributed by atoms with Gasteiger partial charge in [-0.05, 0) is 37.6 Å². The van der Waals surface area contributed by atoms with E-state index in [1.165, 1.54) is 47.4 Å². The van der Waals surface area contributed by atoms with E-state index in [0.29, 0.717) is 17.0 Å². The molecule has 0 saturated heterocycles. The monoisotopic (exact) mass is 459 g/mol. The molecule has 0 spiro atoms. The van der Waals surface area contributed by atoms with Crippen LogP contribution in [0.15, 0.2) is 53.4 Å². The number of benzene rings is 2. The lowest BCUT2D eigenvalue weighted by molar-refractivity contribution is -0.125. The molecule has 9 nitrogen and oxygen atoms in total. The molecule has 32 heavy (non-hydrogen) atoms. The lowest BCUT2D eigenvalue weighted by Gasteiger charge is -2.33. The van der Waals surface area contributed by atoms with E-state index < -0.39 is 22.0 Å². The average molecular weight is 460 g/mol. The van der Waals surface area contributed by atoms with Crippen molar-refractivity contribution >= 4 is 33.3 Å². The molecule has 1 heterocycles. The van der Waals surface area contributed by atoms with Gasteiger partial charge in [-0.3, -0.25) is 14.4 Å². The number of ether oxygens (including phenoxy) is 1. The molecular weight excluding hydrogens is 434 g/mol. The van der Waals surface area contributed by atoms with Crippen LogP contribution in [0.2, 0.25) is 0 Å². The van der Waals surface area contributed by atoms with E-state index in [1.807, 2.05) is 0 Å². The zero-order valence-electron chi connectivity index (χ0n) is 17.9. The second-order valence-corrected chi connectivity index (χ2v) is 9.54. The minimum absolute atomic E-state index is 0.00180. The molecule has 0 aromatic heterocycles. The number of fused-ring (bicyclic) bond motifs is 1. The molecular formula is C22H25N3O6S. The molecule has 1 aliphatic rings. The fourth-order valence-corrected chi connectivity index (χ4v) is 4.58. The van der Waals surface area contributed by atoms with Crippen LogP contribution in [-0.4, -0.2) is 56.6 Å². The first-order valence-corrected chi connectivity index (χ1v) is 11.5. The SMILES string of the molecule is CC(=O)c1ccc(S(=O)(=O)N(C)CCCC(=O)N2C[C@@H](C(N)=O)Oc3ccccc32)cc1. The van der Waals surface area contributed by atoms with Crippen molar-refractivity contribution in [3.63, 3.8) is 0 Å². The molecule has 2 amide bonds. The normalized spacial score (nSPS) is 15.7. The van der Waals surface area contributed by atoms with Gasteiger partial charge in [0.1, 0.15) is 5.75 Å². The number of rotatable bonds is 8. The van der Waals surface area contributed by atoms with Crippen LogP contribution in [0.1, 0.15) is 30.1 Å². The summed E-state index contributed by atoms with van der Waals surface area (Å²) < 4.78 is 32.2. The summed E-state index contributed by atoms with van der Waals surface area (Å²) in [5.74, 6) is -0.684. The molecule has 2 N–H and O–H groups in total. The Hall–Kier alpha value is -3.24. The molecule has 0 unspecified atom stereocenters. The first-order valence-electron chi connectivity index (χ1n) is 10.0. The van der Waals surface area contributed by atoms with Crippen LogP contribution >= 0.6 is 0 Å².